The summed E-state index contributed by atoms with van der Waals surface area (Å²) in [5.41, 5.74) is 0. The molecule has 1 saturated heterocycles. The lowest BCUT2D eigenvalue weighted by Gasteiger charge is -2.25. The minimum absolute atomic E-state index is 0.0367. The van der Waals surface area contributed by atoms with Gasteiger partial charge in [0.25, 0.3) is 0 Å². The topological polar surface area (TPSA) is 66.4 Å². The van der Waals surface area contributed by atoms with E-state index in [1.807, 2.05) is 11.8 Å². The van der Waals surface area contributed by atoms with Crippen molar-refractivity contribution in [2.75, 3.05) is 18.1 Å². The van der Waals surface area contributed by atoms with Crippen LogP contribution in [0.15, 0.2) is 0 Å². The second kappa shape index (κ2) is 6.45. The summed E-state index contributed by atoms with van der Waals surface area (Å²) in [7, 11) is 0. The van der Waals surface area contributed by atoms with Crippen molar-refractivity contribution >= 4 is 23.6 Å². The molecule has 1 heterocycles. The lowest BCUT2D eigenvalue weighted by atomic mass is 9.81. The van der Waals surface area contributed by atoms with E-state index < -0.39 is 5.97 Å². The molecule has 0 aromatic heterocycles. The number of amides is 1. The fourth-order valence-corrected chi connectivity index (χ4v) is 4.02. The Labute approximate surface area is 112 Å². The lowest BCUT2D eigenvalue weighted by molar-refractivity contribution is -0.144. The first-order valence-corrected chi connectivity index (χ1v) is 7.90. The van der Waals surface area contributed by atoms with Gasteiger partial charge in [-0.3, -0.25) is 9.59 Å². The van der Waals surface area contributed by atoms with Crippen molar-refractivity contribution in [2.45, 2.75) is 32.1 Å². The highest BCUT2D eigenvalue weighted by atomic mass is 32.2. The fraction of sp³-hybridized carbons (Fsp3) is 0.846. The number of thioether (sulfide) groups is 1. The molecule has 2 N–H and O–H groups in total. The predicted octanol–water partition coefficient (Wildman–Crippen LogP) is 1.75. The van der Waals surface area contributed by atoms with Crippen molar-refractivity contribution in [3.63, 3.8) is 0 Å². The highest BCUT2D eigenvalue weighted by Crippen LogP contribution is 2.29. The van der Waals surface area contributed by atoms with Crippen LogP contribution in [0.2, 0.25) is 0 Å². The SMILES string of the molecule is O=C(O)C1CCC(C(=O)NCC2CCSC2)CC1. The first-order chi connectivity index (χ1) is 8.66. The summed E-state index contributed by atoms with van der Waals surface area (Å²) >= 11 is 1.96. The Bertz CT molecular complexity index is 307. The van der Waals surface area contributed by atoms with Crippen molar-refractivity contribution in [3.8, 4) is 0 Å². The fourth-order valence-electron chi connectivity index (χ4n) is 2.74. The Morgan fingerprint density at radius 3 is 2.33 bits per heavy atom. The van der Waals surface area contributed by atoms with E-state index in [9.17, 15) is 9.59 Å². The van der Waals surface area contributed by atoms with Gasteiger partial charge in [0.1, 0.15) is 0 Å². The molecule has 1 aliphatic heterocycles. The van der Waals surface area contributed by atoms with Crippen LogP contribution in [0, 0.1) is 17.8 Å². The Morgan fingerprint density at radius 1 is 1.11 bits per heavy atom. The Morgan fingerprint density at radius 2 is 1.78 bits per heavy atom. The van der Waals surface area contributed by atoms with Crippen LogP contribution in [-0.2, 0) is 9.59 Å². The Kier molecular flexibility index (Phi) is 4.92. The molecule has 2 rings (SSSR count). The van der Waals surface area contributed by atoms with Gasteiger partial charge in [0.15, 0.2) is 0 Å². The molecule has 18 heavy (non-hydrogen) atoms. The standard InChI is InChI=1S/C13H21NO3S/c15-12(14-7-9-5-6-18-8-9)10-1-3-11(4-2-10)13(16)17/h9-11H,1-8H2,(H,14,15)(H,16,17). The zero-order chi connectivity index (χ0) is 13.0. The average molecular weight is 271 g/mol. The van der Waals surface area contributed by atoms with Crippen LogP contribution in [-0.4, -0.2) is 35.0 Å². The van der Waals surface area contributed by atoms with Crippen molar-refractivity contribution in [3.05, 3.63) is 0 Å². The number of carboxylic acids is 1. The highest BCUT2D eigenvalue weighted by Gasteiger charge is 2.29. The van der Waals surface area contributed by atoms with Gasteiger partial charge in [0, 0.05) is 12.5 Å². The van der Waals surface area contributed by atoms with Gasteiger partial charge in [-0.2, -0.15) is 11.8 Å². The van der Waals surface area contributed by atoms with Crippen LogP contribution in [0.1, 0.15) is 32.1 Å². The summed E-state index contributed by atoms with van der Waals surface area (Å²) in [6.07, 6.45) is 3.94. The molecule has 1 unspecified atom stereocenters. The molecule has 0 radical (unpaired) electrons. The molecular formula is C13H21NO3S. The van der Waals surface area contributed by atoms with Crippen LogP contribution in [0.5, 0.6) is 0 Å². The number of hydrogen-bond acceptors (Lipinski definition) is 3. The predicted molar refractivity (Wildman–Crippen MR) is 71.5 cm³/mol. The Hall–Kier alpha value is -0.710. The van der Waals surface area contributed by atoms with Gasteiger partial charge in [-0.15, -0.1) is 0 Å². The summed E-state index contributed by atoms with van der Waals surface area (Å²) in [6, 6.07) is 0. The average Bonchev–Trinajstić information content (AvgIpc) is 2.89. The van der Waals surface area contributed by atoms with Crippen molar-refractivity contribution < 1.29 is 14.7 Å². The second-order valence-electron chi connectivity index (χ2n) is 5.36. The van der Waals surface area contributed by atoms with Gasteiger partial charge in [-0.05, 0) is 49.5 Å². The molecule has 1 aliphatic carbocycles. The minimum Gasteiger partial charge on any atom is -0.481 e. The molecule has 0 bridgehead atoms. The van der Waals surface area contributed by atoms with Gasteiger partial charge < -0.3 is 10.4 Å². The lowest BCUT2D eigenvalue weighted by Crippen LogP contribution is -2.36. The van der Waals surface area contributed by atoms with E-state index in [1.165, 1.54) is 12.2 Å². The molecule has 0 aromatic carbocycles. The molecule has 5 heteroatoms. The van der Waals surface area contributed by atoms with Crippen molar-refractivity contribution in [1.82, 2.24) is 5.32 Å². The summed E-state index contributed by atoms with van der Waals surface area (Å²) in [6.45, 7) is 0.796. The molecule has 1 atom stereocenters. The first kappa shape index (κ1) is 13.7. The van der Waals surface area contributed by atoms with E-state index in [2.05, 4.69) is 5.32 Å². The molecule has 2 fully saturated rings. The normalized spacial score (nSPS) is 32.1. The summed E-state index contributed by atoms with van der Waals surface area (Å²) < 4.78 is 0. The van der Waals surface area contributed by atoms with E-state index in [4.69, 9.17) is 5.11 Å². The van der Waals surface area contributed by atoms with E-state index in [0.717, 1.165) is 25.1 Å². The maximum atomic E-state index is 12.0. The molecule has 0 aromatic rings. The zero-order valence-electron chi connectivity index (χ0n) is 10.6. The van der Waals surface area contributed by atoms with Gasteiger partial charge in [0.2, 0.25) is 5.91 Å². The van der Waals surface area contributed by atoms with Gasteiger partial charge in [0.05, 0.1) is 5.92 Å². The third kappa shape index (κ3) is 3.64. The van der Waals surface area contributed by atoms with Crippen LogP contribution in [0.3, 0.4) is 0 Å². The molecule has 2 aliphatic rings. The molecular weight excluding hydrogens is 250 g/mol. The summed E-state index contributed by atoms with van der Waals surface area (Å²) in [5.74, 6) is 2.23. The van der Waals surface area contributed by atoms with Gasteiger partial charge in [-0.1, -0.05) is 0 Å². The largest absolute Gasteiger partial charge is 0.481 e. The number of nitrogens with one attached hydrogen (secondary N) is 1. The quantitative estimate of drug-likeness (QED) is 0.817. The van der Waals surface area contributed by atoms with Crippen LogP contribution in [0.4, 0.5) is 0 Å². The zero-order valence-corrected chi connectivity index (χ0v) is 11.4. The number of carbonyl (C=O) groups is 2. The van der Waals surface area contributed by atoms with E-state index >= 15 is 0 Å². The third-order valence-electron chi connectivity index (χ3n) is 4.04. The van der Waals surface area contributed by atoms with Crippen molar-refractivity contribution in [2.24, 2.45) is 17.8 Å². The summed E-state index contributed by atoms with van der Waals surface area (Å²) in [5, 5.41) is 11.9. The van der Waals surface area contributed by atoms with Gasteiger partial charge >= 0.3 is 5.97 Å². The van der Waals surface area contributed by atoms with E-state index in [0.29, 0.717) is 18.8 Å². The smallest absolute Gasteiger partial charge is 0.306 e. The summed E-state index contributed by atoms with van der Waals surface area (Å²) in [4.78, 5) is 22.8. The third-order valence-corrected chi connectivity index (χ3v) is 5.27. The number of rotatable bonds is 4. The molecule has 0 spiro atoms. The number of hydrogen-bond donors (Lipinski definition) is 2. The minimum atomic E-state index is -0.711. The molecule has 1 saturated carbocycles. The number of carbonyl (C=O) groups excluding carboxylic acids is 1. The monoisotopic (exact) mass is 271 g/mol. The van der Waals surface area contributed by atoms with E-state index in [1.54, 1.807) is 0 Å². The van der Waals surface area contributed by atoms with E-state index in [-0.39, 0.29) is 17.7 Å². The number of carboxylic acid groups (broad SMARTS) is 1. The van der Waals surface area contributed by atoms with Crippen molar-refractivity contribution in [1.29, 1.82) is 0 Å². The molecule has 4 nitrogen and oxygen atoms in total. The number of aliphatic carboxylic acids is 1. The Balaban J connectivity index is 1.68. The maximum absolute atomic E-state index is 12.0. The second-order valence-corrected chi connectivity index (χ2v) is 6.51. The maximum Gasteiger partial charge on any atom is 0.306 e. The van der Waals surface area contributed by atoms with Crippen LogP contribution >= 0.6 is 11.8 Å². The highest BCUT2D eigenvalue weighted by molar-refractivity contribution is 7.99. The van der Waals surface area contributed by atoms with Crippen LogP contribution in [0.25, 0.3) is 0 Å². The van der Waals surface area contributed by atoms with Gasteiger partial charge in [-0.25, -0.2) is 0 Å². The molecule has 1 amide bonds. The van der Waals surface area contributed by atoms with Crippen LogP contribution < -0.4 is 5.32 Å². The first-order valence-electron chi connectivity index (χ1n) is 6.75. The molecule has 102 valence electrons.